The summed E-state index contributed by atoms with van der Waals surface area (Å²) in [6, 6.07) is 0. The number of aromatic nitrogens is 2. The van der Waals surface area contributed by atoms with Crippen LogP contribution in [-0.4, -0.2) is 59.1 Å². The SMILES string of the molecule is COCC(O)CN(C)Cc1nccn1CC(F)(F)F. The zero-order valence-corrected chi connectivity index (χ0v) is 10.9. The highest BCUT2D eigenvalue weighted by Crippen LogP contribution is 2.18. The predicted octanol–water partition coefficient (Wildman–Crippen LogP) is 0.884. The van der Waals surface area contributed by atoms with Gasteiger partial charge in [-0.15, -0.1) is 0 Å². The second kappa shape index (κ2) is 6.88. The van der Waals surface area contributed by atoms with E-state index in [1.165, 1.54) is 19.5 Å². The van der Waals surface area contributed by atoms with Crippen LogP contribution in [0.15, 0.2) is 12.4 Å². The van der Waals surface area contributed by atoms with Crippen molar-refractivity contribution in [3.63, 3.8) is 0 Å². The van der Waals surface area contributed by atoms with E-state index in [1.54, 1.807) is 11.9 Å². The van der Waals surface area contributed by atoms with E-state index in [0.29, 0.717) is 12.4 Å². The highest BCUT2D eigenvalue weighted by atomic mass is 19.4. The summed E-state index contributed by atoms with van der Waals surface area (Å²) in [6.45, 7) is -0.352. The Morgan fingerprint density at radius 1 is 1.53 bits per heavy atom. The lowest BCUT2D eigenvalue weighted by Gasteiger charge is -2.20. The molecule has 1 heterocycles. The van der Waals surface area contributed by atoms with Crippen LogP contribution in [0.4, 0.5) is 13.2 Å². The van der Waals surface area contributed by atoms with Gasteiger partial charge in [0.15, 0.2) is 0 Å². The van der Waals surface area contributed by atoms with Gasteiger partial charge in [-0.25, -0.2) is 4.98 Å². The number of alkyl halides is 3. The molecule has 110 valence electrons. The van der Waals surface area contributed by atoms with Crippen LogP contribution in [0.2, 0.25) is 0 Å². The third-order valence-corrected chi connectivity index (χ3v) is 2.44. The van der Waals surface area contributed by atoms with Crippen LogP contribution in [0.3, 0.4) is 0 Å². The molecule has 0 fully saturated rings. The van der Waals surface area contributed by atoms with E-state index in [1.807, 2.05) is 0 Å². The van der Waals surface area contributed by atoms with Crippen LogP contribution in [0.1, 0.15) is 5.82 Å². The Labute approximate surface area is 109 Å². The smallest absolute Gasteiger partial charge is 0.389 e. The van der Waals surface area contributed by atoms with Gasteiger partial charge in [0, 0.05) is 26.0 Å². The maximum Gasteiger partial charge on any atom is 0.406 e. The minimum atomic E-state index is -4.27. The van der Waals surface area contributed by atoms with Crippen LogP contribution in [0, 0.1) is 0 Å². The van der Waals surface area contributed by atoms with Gasteiger partial charge >= 0.3 is 6.18 Å². The topological polar surface area (TPSA) is 50.5 Å². The molecule has 0 aliphatic rings. The fourth-order valence-corrected chi connectivity index (χ4v) is 1.74. The zero-order valence-electron chi connectivity index (χ0n) is 10.9. The van der Waals surface area contributed by atoms with Gasteiger partial charge < -0.3 is 14.4 Å². The van der Waals surface area contributed by atoms with Crippen LogP contribution < -0.4 is 0 Å². The molecule has 8 heteroatoms. The molecule has 1 N–H and O–H groups in total. The molecular formula is C11H18F3N3O2. The molecule has 0 aromatic carbocycles. The molecule has 0 aliphatic carbocycles. The molecule has 1 rings (SSSR count). The first-order chi connectivity index (χ1) is 8.81. The molecule has 5 nitrogen and oxygen atoms in total. The molecule has 1 aromatic heterocycles. The minimum Gasteiger partial charge on any atom is -0.389 e. The van der Waals surface area contributed by atoms with Gasteiger partial charge in [-0.3, -0.25) is 4.90 Å². The largest absolute Gasteiger partial charge is 0.406 e. The number of aliphatic hydroxyl groups is 1. The molecule has 1 atom stereocenters. The average molecular weight is 281 g/mol. The van der Waals surface area contributed by atoms with E-state index in [9.17, 15) is 18.3 Å². The van der Waals surface area contributed by atoms with Gasteiger partial charge in [0.1, 0.15) is 12.4 Å². The number of ether oxygens (including phenoxy) is 1. The number of hydrogen-bond donors (Lipinski definition) is 1. The highest BCUT2D eigenvalue weighted by molar-refractivity contribution is 4.93. The third kappa shape index (κ3) is 6.04. The van der Waals surface area contributed by atoms with Crippen molar-refractivity contribution in [1.29, 1.82) is 0 Å². The summed E-state index contributed by atoms with van der Waals surface area (Å²) in [5.41, 5.74) is 0. The summed E-state index contributed by atoms with van der Waals surface area (Å²) in [4.78, 5) is 5.60. The van der Waals surface area contributed by atoms with Gasteiger partial charge in [-0.2, -0.15) is 13.2 Å². The van der Waals surface area contributed by atoms with Gasteiger partial charge in [-0.1, -0.05) is 0 Å². The molecule has 0 spiro atoms. The van der Waals surface area contributed by atoms with Crippen LogP contribution >= 0.6 is 0 Å². The lowest BCUT2D eigenvalue weighted by Crippen LogP contribution is -2.32. The van der Waals surface area contributed by atoms with Crippen molar-refractivity contribution in [3.8, 4) is 0 Å². The fourth-order valence-electron chi connectivity index (χ4n) is 1.74. The fraction of sp³-hybridized carbons (Fsp3) is 0.727. The predicted molar refractivity (Wildman–Crippen MR) is 62.5 cm³/mol. The molecule has 19 heavy (non-hydrogen) atoms. The van der Waals surface area contributed by atoms with Crippen molar-refractivity contribution in [2.75, 3.05) is 27.3 Å². The first-order valence-electron chi connectivity index (χ1n) is 5.74. The van der Waals surface area contributed by atoms with Gasteiger partial charge in [0.2, 0.25) is 0 Å². The van der Waals surface area contributed by atoms with Crippen molar-refractivity contribution < 1.29 is 23.0 Å². The van der Waals surface area contributed by atoms with Crippen molar-refractivity contribution in [2.45, 2.75) is 25.4 Å². The van der Waals surface area contributed by atoms with E-state index < -0.39 is 18.8 Å². The number of methoxy groups -OCH3 is 1. The van der Waals surface area contributed by atoms with Gasteiger partial charge in [0.05, 0.1) is 19.3 Å². The highest BCUT2D eigenvalue weighted by Gasteiger charge is 2.28. The van der Waals surface area contributed by atoms with Crippen molar-refractivity contribution >= 4 is 0 Å². The van der Waals surface area contributed by atoms with Gasteiger partial charge in [0.25, 0.3) is 0 Å². The lowest BCUT2D eigenvalue weighted by atomic mass is 10.3. The van der Waals surface area contributed by atoms with Crippen LogP contribution in [0.5, 0.6) is 0 Å². The molecule has 0 saturated heterocycles. The molecule has 0 saturated carbocycles. The Bertz CT molecular complexity index is 382. The molecule has 0 amide bonds. The normalized spacial score (nSPS) is 14.1. The second-order valence-corrected chi connectivity index (χ2v) is 4.39. The van der Waals surface area contributed by atoms with E-state index in [4.69, 9.17) is 4.74 Å². The second-order valence-electron chi connectivity index (χ2n) is 4.39. The first kappa shape index (κ1) is 15.9. The molecule has 1 aromatic rings. The van der Waals surface area contributed by atoms with Crippen molar-refractivity contribution in [2.24, 2.45) is 0 Å². The van der Waals surface area contributed by atoms with Crippen LogP contribution in [0.25, 0.3) is 0 Å². The summed E-state index contributed by atoms with van der Waals surface area (Å²) >= 11 is 0. The van der Waals surface area contributed by atoms with E-state index >= 15 is 0 Å². The minimum absolute atomic E-state index is 0.182. The zero-order chi connectivity index (χ0) is 14.5. The Balaban J connectivity index is 2.55. The number of hydrogen-bond acceptors (Lipinski definition) is 4. The summed E-state index contributed by atoms with van der Waals surface area (Å²) < 4.78 is 42.8. The summed E-state index contributed by atoms with van der Waals surface area (Å²) in [5, 5.41) is 9.53. The summed E-state index contributed by atoms with van der Waals surface area (Å²) in [5.74, 6) is 0.310. The Kier molecular flexibility index (Phi) is 5.77. The maximum atomic E-state index is 12.3. The Hall–Kier alpha value is -1.12. The number of rotatable bonds is 7. The molecule has 1 unspecified atom stereocenters. The molecule has 0 bridgehead atoms. The van der Waals surface area contributed by atoms with Crippen molar-refractivity contribution in [3.05, 3.63) is 18.2 Å². The number of likely N-dealkylation sites (N-methyl/N-ethyl adjacent to an activating group) is 1. The number of nitrogens with zero attached hydrogens (tertiary/aromatic N) is 3. The Morgan fingerprint density at radius 3 is 2.79 bits per heavy atom. The third-order valence-electron chi connectivity index (χ3n) is 2.44. The average Bonchev–Trinajstić information content (AvgIpc) is 2.63. The summed E-state index contributed by atoms with van der Waals surface area (Å²) in [7, 11) is 3.17. The monoisotopic (exact) mass is 281 g/mol. The van der Waals surface area contributed by atoms with E-state index in [2.05, 4.69) is 4.98 Å². The maximum absolute atomic E-state index is 12.3. The van der Waals surface area contributed by atoms with Crippen LogP contribution in [-0.2, 0) is 17.8 Å². The van der Waals surface area contributed by atoms with E-state index in [-0.39, 0.29) is 13.2 Å². The van der Waals surface area contributed by atoms with E-state index in [0.717, 1.165) is 4.57 Å². The number of imidazole rings is 1. The van der Waals surface area contributed by atoms with Gasteiger partial charge in [-0.05, 0) is 7.05 Å². The Morgan fingerprint density at radius 2 is 2.21 bits per heavy atom. The standard InChI is InChI=1S/C11H18F3N3O2/c1-16(5-9(18)7-19-2)6-10-15-3-4-17(10)8-11(12,13)14/h3-4,9,18H,5-8H2,1-2H3. The lowest BCUT2D eigenvalue weighted by molar-refractivity contribution is -0.141. The molecule has 0 radical (unpaired) electrons. The number of halogens is 3. The first-order valence-corrected chi connectivity index (χ1v) is 5.74. The molecule has 0 aliphatic heterocycles. The molecular weight excluding hydrogens is 263 g/mol. The summed E-state index contributed by atoms with van der Waals surface area (Å²) in [6.07, 6.45) is -2.33. The quantitative estimate of drug-likeness (QED) is 0.806. The number of aliphatic hydroxyl groups excluding tert-OH is 1. The van der Waals surface area contributed by atoms with Crippen molar-refractivity contribution in [1.82, 2.24) is 14.5 Å².